The number of benzene rings is 1. The van der Waals surface area contributed by atoms with E-state index in [1.54, 1.807) is 48.5 Å². The number of pyridine rings is 2. The van der Waals surface area contributed by atoms with Crippen LogP contribution in [0.4, 0.5) is 0 Å². The van der Waals surface area contributed by atoms with Crippen molar-refractivity contribution in [2.45, 2.75) is 0 Å². The van der Waals surface area contributed by atoms with Crippen LogP contribution in [0.5, 0.6) is 23.3 Å². The van der Waals surface area contributed by atoms with Gasteiger partial charge >= 0.3 is 0 Å². The molecule has 4 heteroatoms. The van der Waals surface area contributed by atoms with Gasteiger partial charge in [-0.2, -0.15) is 0 Å². The molecule has 0 unspecified atom stereocenters. The normalized spacial score (nSPS) is 9.58. The van der Waals surface area contributed by atoms with E-state index in [0.29, 0.717) is 34.6 Å². The molecule has 114 valence electrons. The number of aromatic nitrogens is 2. The molecule has 0 atom stereocenters. The van der Waals surface area contributed by atoms with Gasteiger partial charge in [-0.15, -0.1) is 12.8 Å². The highest BCUT2D eigenvalue weighted by Gasteiger charge is 2.09. The molecule has 24 heavy (non-hydrogen) atoms. The number of hydrogen-bond donors (Lipinski definition) is 0. The molecule has 4 nitrogen and oxygen atoms in total. The predicted octanol–water partition coefficient (Wildman–Crippen LogP) is 4.02. The van der Waals surface area contributed by atoms with Gasteiger partial charge in [0.1, 0.15) is 11.4 Å². The summed E-state index contributed by atoms with van der Waals surface area (Å²) in [5.74, 6) is 6.69. The maximum Gasteiger partial charge on any atom is 0.220 e. The molecule has 2 heterocycles. The minimum Gasteiger partial charge on any atom is -0.435 e. The minimum absolute atomic E-state index is 0.381. The molecule has 3 aromatic rings. The van der Waals surface area contributed by atoms with Crippen LogP contribution in [0, 0.1) is 24.7 Å². The lowest BCUT2D eigenvalue weighted by atomic mass is 10.3. The molecule has 0 saturated carbocycles. The first-order valence-electron chi connectivity index (χ1n) is 7.10. The Hall–Kier alpha value is -3.76. The first-order valence-corrected chi connectivity index (χ1v) is 7.10. The zero-order valence-corrected chi connectivity index (χ0v) is 12.6. The molecular weight excluding hydrogens is 300 g/mol. The number of rotatable bonds is 4. The summed E-state index contributed by atoms with van der Waals surface area (Å²) < 4.78 is 11.6. The molecule has 0 aliphatic rings. The van der Waals surface area contributed by atoms with E-state index in [4.69, 9.17) is 22.3 Å². The molecule has 0 aliphatic heterocycles. The molecule has 0 fully saturated rings. The third kappa shape index (κ3) is 3.52. The molecule has 0 amide bonds. The summed E-state index contributed by atoms with van der Waals surface area (Å²) in [5, 5.41) is 0. The van der Waals surface area contributed by atoms with Crippen molar-refractivity contribution >= 4 is 0 Å². The summed E-state index contributed by atoms with van der Waals surface area (Å²) in [6.45, 7) is 0. The average Bonchev–Trinajstić information content (AvgIpc) is 2.64. The largest absolute Gasteiger partial charge is 0.435 e. The van der Waals surface area contributed by atoms with Crippen molar-refractivity contribution in [3.05, 3.63) is 72.1 Å². The minimum atomic E-state index is 0.381. The van der Waals surface area contributed by atoms with Gasteiger partial charge in [-0.3, -0.25) is 0 Å². The first kappa shape index (κ1) is 15.1. The van der Waals surface area contributed by atoms with Crippen LogP contribution >= 0.6 is 0 Å². The molecule has 2 aromatic heterocycles. The van der Waals surface area contributed by atoms with E-state index in [9.17, 15) is 0 Å². The van der Waals surface area contributed by atoms with Crippen LogP contribution in [-0.2, 0) is 0 Å². The molecular formula is C20H12N2O2. The standard InChI is InChI=1S/C20H12N2O2/c1-3-15-9-7-13-19(21-15)23-17-11-5-6-12-18(17)24-20-14-8-10-16(4-2)22-20/h1-2,5-14H. The SMILES string of the molecule is C#Cc1cccc(Oc2ccccc2Oc2cccc(C#C)n2)n1. The van der Waals surface area contributed by atoms with E-state index >= 15 is 0 Å². The van der Waals surface area contributed by atoms with E-state index in [0.717, 1.165) is 0 Å². The van der Waals surface area contributed by atoms with Crippen LogP contribution in [0.25, 0.3) is 0 Å². The number of nitrogens with zero attached hydrogens (tertiary/aromatic N) is 2. The Kier molecular flexibility index (Phi) is 4.42. The Morgan fingerprint density at radius 3 is 1.50 bits per heavy atom. The number of para-hydroxylation sites is 2. The van der Waals surface area contributed by atoms with Crippen molar-refractivity contribution in [3.63, 3.8) is 0 Å². The van der Waals surface area contributed by atoms with E-state index in [-0.39, 0.29) is 0 Å². The van der Waals surface area contributed by atoms with E-state index in [1.807, 2.05) is 12.1 Å². The molecule has 3 rings (SSSR count). The fourth-order valence-electron chi connectivity index (χ4n) is 1.95. The lowest BCUT2D eigenvalue weighted by molar-refractivity contribution is 0.401. The second-order valence-corrected chi connectivity index (χ2v) is 4.66. The third-order valence-corrected chi connectivity index (χ3v) is 3.02. The zero-order valence-electron chi connectivity index (χ0n) is 12.6. The van der Waals surface area contributed by atoms with Gasteiger partial charge in [0.25, 0.3) is 0 Å². The van der Waals surface area contributed by atoms with Gasteiger partial charge in [-0.05, 0) is 24.3 Å². The van der Waals surface area contributed by atoms with Crippen molar-refractivity contribution in [2.24, 2.45) is 0 Å². The monoisotopic (exact) mass is 312 g/mol. The third-order valence-electron chi connectivity index (χ3n) is 3.02. The second kappa shape index (κ2) is 7.00. The quantitative estimate of drug-likeness (QED) is 0.682. The fourth-order valence-corrected chi connectivity index (χ4v) is 1.95. The van der Waals surface area contributed by atoms with Crippen molar-refractivity contribution in [1.82, 2.24) is 9.97 Å². The van der Waals surface area contributed by atoms with Gasteiger partial charge in [0.05, 0.1) is 0 Å². The van der Waals surface area contributed by atoms with E-state index < -0.39 is 0 Å². The second-order valence-electron chi connectivity index (χ2n) is 4.66. The smallest absolute Gasteiger partial charge is 0.220 e. The van der Waals surface area contributed by atoms with Crippen LogP contribution in [0.15, 0.2) is 60.7 Å². The van der Waals surface area contributed by atoms with Gasteiger partial charge in [0.2, 0.25) is 11.8 Å². The topological polar surface area (TPSA) is 44.2 Å². The van der Waals surface area contributed by atoms with E-state index in [1.165, 1.54) is 0 Å². The van der Waals surface area contributed by atoms with Crippen molar-refractivity contribution in [1.29, 1.82) is 0 Å². The van der Waals surface area contributed by atoms with Gasteiger partial charge in [-0.25, -0.2) is 9.97 Å². The van der Waals surface area contributed by atoms with Crippen LogP contribution in [-0.4, -0.2) is 9.97 Å². The van der Waals surface area contributed by atoms with Gasteiger partial charge in [0.15, 0.2) is 11.5 Å². The highest BCUT2D eigenvalue weighted by Crippen LogP contribution is 2.33. The highest BCUT2D eigenvalue weighted by molar-refractivity contribution is 5.44. The average molecular weight is 312 g/mol. The Labute approximate surface area is 140 Å². The Morgan fingerprint density at radius 2 is 1.08 bits per heavy atom. The van der Waals surface area contributed by atoms with Crippen molar-refractivity contribution in [2.75, 3.05) is 0 Å². The van der Waals surface area contributed by atoms with Gasteiger partial charge in [-0.1, -0.05) is 36.1 Å². The maximum atomic E-state index is 5.78. The summed E-state index contributed by atoms with van der Waals surface area (Å²) in [5.41, 5.74) is 0.989. The summed E-state index contributed by atoms with van der Waals surface area (Å²) in [6, 6.07) is 17.6. The summed E-state index contributed by atoms with van der Waals surface area (Å²) in [7, 11) is 0. The number of hydrogen-bond acceptors (Lipinski definition) is 4. The summed E-state index contributed by atoms with van der Waals surface area (Å²) >= 11 is 0. The Morgan fingerprint density at radius 1 is 0.625 bits per heavy atom. The zero-order chi connectivity index (χ0) is 16.8. The van der Waals surface area contributed by atoms with Crippen LogP contribution < -0.4 is 9.47 Å². The Bertz CT molecular complexity index is 874. The maximum absolute atomic E-state index is 5.78. The molecule has 0 radical (unpaired) electrons. The first-order chi connectivity index (χ1) is 11.8. The molecule has 0 aliphatic carbocycles. The van der Waals surface area contributed by atoms with Gasteiger partial charge in [0, 0.05) is 12.1 Å². The number of ether oxygens (including phenoxy) is 2. The Balaban J connectivity index is 1.88. The molecule has 0 saturated heterocycles. The molecule has 0 spiro atoms. The van der Waals surface area contributed by atoms with Crippen LogP contribution in [0.2, 0.25) is 0 Å². The lowest BCUT2D eigenvalue weighted by Gasteiger charge is -2.11. The molecule has 0 N–H and O–H groups in total. The lowest BCUT2D eigenvalue weighted by Crippen LogP contribution is -1.94. The van der Waals surface area contributed by atoms with Crippen LogP contribution in [0.1, 0.15) is 11.4 Å². The number of terminal acetylenes is 2. The van der Waals surface area contributed by atoms with Crippen LogP contribution in [0.3, 0.4) is 0 Å². The van der Waals surface area contributed by atoms with Crippen molar-refractivity contribution in [3.8, 4) is 47.9 Å². The molecule has 1 aromatic carbocycles. The van der Waals surface area contributed by atoms with Gasteiger partial charge < -0.3 is 9.47 Å². The molecule has 0 bridgehead atoms. The highest BCUT2D eigenvalue weighted by atomic mass is 16.5. The predicted molar refractivity (Wildman–Crippen MR) is 90.9 cm³/mol. The van der Waals surface area contributed by atoms with E-state index in [2.05, 4.69) is 21.8 Å². The fraction of sp³-hybridized carbons (Fsp3) is 0. The summed E-state index contributed by atoms with van der Waals surface area (Å²) in [4.78, 5) is 8.41. The van der Waals surface area contributed by atoms with Crippen molar-refractivity contribution < 1.29 is 9.47 Å². The summed E-state index contributed by atoms with van der Waals surface area (Å²) in [6.07, 6.45) is 10.7.